The van der Waals surface area contributed by atoms with Crippen LogP contribution in [0.25, 0.3) is 0 Å². The van der Waals surface area contributed by atoms with Gasteiger partial charge in [-0.05, 0) is 30.4 Å². The second-order valence-corrected chi connectivity index (χ2v) is 7.04. The number of rotatable bonds is 5. The lowest BCUT2D eigenvalue weighted by Crippen LogP contribution is -2.34. The fourth-order valence-corrected chi connectivity index (χ4v) is 3.13. The molecule has 0 aliphatic heterocycles. The zero-order chi connectivity index (χ0) is 14.0. The molecule has 0 amide bonds. The van der Waals surface area contributed by atoms with Crippen molar-refractivity contribution >= 4 is 15.7 Å². The average Bonchev–Trinajstić information content (AvgIpc) is 2.26. The fraction of sp³-hybridized carbons (Fsp3) is 0.538. The van der Waals surface area contributed by atoms with E-state index < -0.39 is 10.0 Å². The summed E-state index contributed by atoms with van der Waals surface area (Å²) >= 11 is 0. The summed E-state index contributed by atoms with van der Waals surface area (Å²) in [6.45, 7) is 8.24. The lowest BCUT2D eigenvalue weighted by Gasteiger charge is -2.23. The Balaban J connectivity index is 3.01. The first-order valence-corrected chi connectivity index (χ1v) is 7.53. The molecular weight excluding hydrogens is 248 g/mol. The minimum atomic E-state index is -3.54. The number of nitrogens with two attached hydrogens (primary N) is 1. The molecule has 1 aromatic carbocycles. The van der Waals surface area contributed by atoms with Crippen LogP contribution in [0.4, 0.5) is 5.69 Å². The SMILES string of the molecule is CCC(C)(C)CNS(=O)(=O)c1c(C)cccc1N. The van der Waals surface area contributed by atoms with E-state index in [1.165, 1.54) is 0 Å². The van der Waals surface area contributed by atoms with Gasteiger partial charge in [-0.3, -0.25) is 0 Å². The first kappa shape index (κ1) is 15.0. The number of sulfonamides is 1. The van der Waals surface area contributed by atoms with E-state index in [0.717, 1.165) is 6.42 Å². The van der Waals surface area contributed by atoms with Crippen LogP contribution < -0.4 is 10.5 Å². The summed E-state index contributed by atoms with van der Waals surface area (Å²) in [5.74, 6) is 0. The van der Waals surface area contributed by atoms with Gasteiger partial charge in [-0.25, -0.2) is 13.1 Å². The number of nitrogen functional groups attached to an aromatic ring is 1. The van der Waals surface area contributed by atoms with Crippen molar-refractivity contribution < 1.29 is 8.42 Å². The third kappa shape index (κ3) is 3.46. The van der Waals surface area contributed by atoms with Crippen LogP contribution in [0.3, 0.4) is 0 Å². The molecule has 3 N–H and O–H groups in total. The molecule has 0 spiro atoms. The highest BCUT2D eigenvalue weighted by Crippen LogP contribution is 2.24. The minimum absolute atomic E-state index is 0.0650. The summed E-state index contributed by atoms with van der Waals surface area (Å²) in [5.41, 5.74) is 6.65. The van der Waals surface area contributed by atoms with Crippen molar-refractivity contribution in [3.05, 3.63) is 23.8 Å². The van der Waals surface area contributed by atoms with Crippen LogP contribution in [0.5, 0.6) is 0 Å². The van der Waals surface area contributed by atoms with Crippen LogP contribution in [0.2, 0.25) is 0 Å². The van der Waals surface area contributed by atoms with E-state index in [1.807, 2.05) is 20.8 Å². The second kappa shape index (κ2) is 5.28. The predicted octanol–water partition coefficient (Wildman–Crippen LogP) is 2.29. The van der Waals surface area contributed by atoms with Crippen molar-refractivity contribution in [2.24, 2.45) is 5.41 Å². The van der Waals surface area contributed by atoms with Crippen molar-refractivity contribution in [2.75, 3.05) is 12.3 Å². The number of aryl methyl sites for hydroxylation is 1. The van der Waals surface area contributed by atoms with Gasteiger partial charge in [0, 0.05) is 6.54 Å². The van der Waals surface area contributed by atoms with Crippen molar-refractivity contribution in [2.45, 2.75) is 39.0 Å². The van der Waals surface area contributed by atoms with E-state index in [9.17, 15) is 8.42 Å². The Kier molecular flexibility index (Phi) is 4.40. The molecule has 0 unspecified atom stereocenters. The number of anilines is 1. The van der Waals surface area contributed by atoms with E-state index in [-0.39, 0.29) is 16.0 Å². The number of benzene rings is 1. The largest absolute Gasteiger partial charge is 0.398 e. The van der Waals surface area contributed by atoms with Crippen LogP contribution >= 0.6 is 0 Å². The summed E-state index contributed by atoms with van der Waals surface area (Å²) < 4.78 is 27.1. The number of nitrogens with one attached hydrogen (secondary N) is 1. The molecule has 0 aromatic heterocycles. The number of hydrogen-bond acceptors (Lipinski definition) is 3. The van der Waals surface area contributed by atoms with Crippen LogP contribution in [0.1, 0.15) is 32.8 Å². The van der Waals surface area contributed by atoms with Crippen molar-refractivity contribution in [1.82, 2.24) is 4.72 Å². The van der Waals surface area contributed by atoms with E-state index in [1.54, 1.807) is 25.1 Å². The van der Waals surface area contributed by atoms with Gasteiger partial charge < -0.3 is 5.73 Å². The van der Waals surface area contributed by atoms with Crippen LogP contribution in [-0.2, 0) is 10.0 Å². The minimum Gasteiger partial charge on any atom is -0.398 e. The van der Waals surface area contributed by atoms with Gasteiger partial charge in [0.15, 0.2) is 0 Å². The highest BCUT2D eigenvalue weighted by atomic mass is 32.2. The summed E-state index contributed by atoms with van der Waals surface area (Å²) in [5, 5.41) is 0. The van der Waals surface area contributed by atoms with Gasteiger partial charge >= 0.3 is 0 Å². The Morgan fingerprint density at radius 3 is 2.44 bits per heavy atom. The van der Waals surface area contributed by atoms with Crippen molar-refractivity contribution in [1.29, 1.82) is 0 Å². The van der Waals surface area contributed by atoms with E-state index >= 15 is 0 Å². The maximum Gasteiger partial charge on any atom is 0.242 e. The fourth-order valence-electron chi connectivity index (χ4n) is 1.53. The molecule has 0 aliphatic carbocycles. The van der Waals surface area contributed by atoms with Crippen LogP contribution in [0.15, 0.2) is 23.1 Å². The van der Waals surface area contributed by atoms with Gasteiger partial charge in [0.2, 0.25) is 10.0 Å². The molecule has 0 saturated heterocycles. The maximum absolute atomic E-state index is 12.2. The summed E-state index contributed by atoms with van der Waals surface area (Å²) in [6, 6.07) is 5.10. The Bertz CT molecular complexity index is 502. The first-order valence-electron chi connectivity index (χ1n) is 6.04. The molecule has 0 saturated carbocycles. The smallest absolute Gasteiger partial charge is 0.242 e. The van der Waals surface area contributed by atoms with Crippen LogP contribution in [0, 0.1) is 12.3 Å². The quantitative estimate of drug-likeness (QED) is 0.806. The highest BCUT2D eigenvalue weighted by Gasteiger charge is 2.23. The standard InChI is InChI=1S/C13H22N2O2S/c1-5-13(3,4)9-15-18(16,17)12-10(2)7-6-8-11(12)14/h6-8,15H,5,9,14H2,1-4H3. The van der Waals surface area contributed by atoms with E-state index in [4.69, 9.17) is 5.73 Å². The van der Waals surface area contributed by atoms with Gasteiger partial charge in [-0.1, -0.05) is 32.9 Å². The Labute approximate surface area is 110 Å². The first-order chi connectivity index (χ1) is 8.19. The molecule has 4 nitrogen and oxygen atoms in total. The molecule has 0 bridgehead atoms. The Hall–Kier alpha value is -1.07. The Morgan fingerprint density at radius 2 is 1.94 bits per heavy atom. The molecule has 5 heteroatoms. The molecule has 0 fully saturated rings. The van der Waals surface area contributed by atoms with Gasteiger partial charge in [0.05, 0.1) is 5.69 Å². The Morgan fingerprint density at radius 1 is 1.33 bits per heavy atom. The monoisotopic (exact) mass is 270 g/mol. The molecule has 1 rings (SSSR count). The van der Waals surface area contributed by atoms with Crippen molar-refractivity contribution in [3.63, 3.8) is 0 Å². The zero-order valence-corrected chi connectivity index (χ0v) is 12.3. The molecule has 1 aromatic rings. The predicted molar refractivity (Wildman–Crippen MR) is 74.9 cm³/mol. The molecule has 0 atom stereocenters. The highest BCUT2D eigenvalue weighted by molar-refractivity contribution is 7.89. The van der Waals surface area contributed by atoms with E-state index in [0.29, 0.717) is 12.1 Å². The average molecular weight is 270 g/mol. The molecule has 102 valence electrons. The zero-order valence-electron chi connectivity index (χ0n) is 11.4. The second-order valence-electron chi connectivity index (χ2n) is 5.34. The third-order valence-corrected chi connectivity index (χ3v) is 4.83. The normalized spacial score (nSPS) is 12.7. The molecule has 0 radical (unpaired) electrons. The third-order valence-electron chi connectivity index (χ3n) is 3.21. The summed E-state index contributed by atoms with van der Waals surface area (Å²) in [7, 11) is -3.54. The lowest BCUT2D eigenvalue weighted by atomic mass is 9.91. The van der Waals surface area contributed by atoms with Gasteiger partial charge in [-0.2, -0.15) is 0 Å². The van der Waals surface area contributed by atoms with Crippen LogP contribution in [-0.4, -0.2) is 15.0 Å². The van der Waals surface area contributed by atoms with Gasteiger partial charge in [-0.15, -0.1) is 0 Å². The number of hydrogen-bond donors (Lipinski definition) is 2. The maximum atomic E-state index is 12.2. The van der Waals surface area contributed by atoms with E-state index in [2.05, 4.69) is 4.72 Å². The molecule has 18 heavy (non-hydrogen) atoms. The summed E-state index contributed by atoms with van der Waals surface area (Å²) in [4.78, 5) is 0.192. The van der Waals surface area contributed by atoms with Gasteiger partial charge in [0.25, 0.3) is 0 Å². The van der Waals surface area contributed by atoms with Crippen molar-refractivity contribution in [3.8, 4) is 0 Å². The molecule has 0 heterocycles. The summed E-state index contributed by atoms with van der Waals surface area (Å²) in [6.07, 6.45) is 0.902. The topological polar surface area (TPSA) is 72.2 Å². The molecular formula is C13H22N2O2S. The lowest BCUT2D eigenvalue weighted by molar-refractivity contribution is 0.350. The van der Waals surface area contributed by atoms with Gasteiger partial charge in [0.1, 0.15) is 4.90 Å². The molecule has 0 aliphatic rings.